The van der Waals surface area contributed by atoms with Crippen molar-refractivity contribution in [3.05, 3.63) is 59.4 Å². The molecule has 1 aromatic carbocycles. The Balaban J connectivity index is 1.45. The van der Waals surface area contributed by atoms with E-state index in [2.05, 4.69) is 51.7 Å². The third-order valence-electron chi connectivity index (χ3n) is 5.26. The number of likely N-dealkylation sites (tertiary alicyclic amines) is 1. The van der Waals surface area contributed by atoms with Gasteiger partial charge in [-0.05, 0) is 30.9 Å². The zero-order chi connectivity index (χ0) is 17.3. The SMILES string of the molecule is CCNc1ncc(C(=O)N2CCC3(C=Cc4ccccc43)CC2)cn1. The number of piperidine rings is 1. The number of hydrogen-bond donors (Lipinski definition) is 1. The van der Waals surface area contributed by atoms with E-state index in [1.165, 1.54) is 11.1 Å². The van der Waals surface area contributed by atoms with E-state index in [0.29, 0.717) is 11.5 Å². The van der Waals surface area contributed by atoms with Crippen LogP contribution in [0.1, 0.15) is 41.3 Å². The number of benzene rings is 1. The molecule has 0 unspecified atom stereocenters. The van der Waals surface area contributed by atoms with Gasteiger partial charge in [0, 0.05) is 37.4 Å². The summed E-state index contributed by atoms with van der Waals surface area (Å²) in [7, 11) is 0. The van der Waals surface area contributed by atoms with Gasteiger partial charge in [-0.2, -0.15) is 0 Å². The second-order valence-corrected chi connectivity index (χ2v) is 6.69. The van der Waals surface area contributed by atoms with Crippen LogP contribution in [0.5, 0.6) is 0 Å². The van der Waals surface area contributed by atoms with Crippen molar-refractivity contribution in [2.75, 3.05) is 25.0 Å². The van der Waals surface area contributed by atoms with Crippen molar-refractivity contribution >= 4 is 17.9 Å². The lowest BCUT2D eigenvalue weighted by molar-refractivity contribution is 0.0689. The number of aromatic nitrogens is 2. The summed E-state index contributed by atoms with van der Waals surface area (Å²) in [4.78, 5) is 23.1. The number of carbonyl (C=O) groups is 1. The van der Waals surface area contributed by atoms with E-state index < -0.39 is 0 Å². The molecule has 0 saturated carbocycles. The first kappa shape index (κ1) is 15.8. The van der Waals surface area contributed by atoms with E-state index >= 15 is 0 Å². The summed E-state index contributed by atoms with van der Waals surface area (Å²) in [5, 5.41) is 3.04. The molecule has 1 aromatic heterocycles. The maximum atomic E-state index is 12.7. The third kappa shape index (κ3) is 2.80. The van der Waals surface area contributed by atoms with Crippen LogP contribution in [0.2, 0.25) is 0 Å². The quantitative estimate of drug-likeness (QED) is 0.937. The third-order valence-corrected chi connectivity index (χ3v) is 5.26. The first-order valence-corrected chi connectivity index (χ1v) is 8.86. The van der Waals surface area contributed by atoms with E-state index in [9.17, 15) is 4.79 Å². The van der Waals surface area contributed by atoms with Crippen molar-refractivity contribution < 1.29 is 4.79 Å². The largest absolute Gasteiger partial charge is 0.355 e. The standard InChI is InChI=1S/C20H22N4O/c1-2-21-19-22-13-16(14-23-19)18(25)24-11-9-20(10-12-24)8-7-15-5-3-4-6-17(15)20/h3-8,13-14H,2,9-12H2,1H3,(H,21,22,23). The Hall–Kier alpha value is -2.69. The van der Waals surface area contributed by atoms with Gasteiger partial charge >= 0.3 is 0 Å². The molecule has 0 atom stereocenters. The maximum absolute atomic E-state index is 12.7. The van der Waals surface area contributed by atoms with Crippen molar-refractivity contribution in [2.24, 2.45) is 0 Å². The monoisotopic (exact) mass is 334 g/mol. The van der Waals surface area contributed by atoms with Gasteiger partial charge in [-0.3, -0.25) is 4.79 Å². The van der Waals surface area contributed by atoms with Crippen molar-refractivity contribution in [3.63, 3.8) is 0 Å². The predicted octanol–water partition coefficient (Wildman–Crippen LogP) is 3.11. The summed E-state index contributed by atoms with van der Waals surface area (Å²) in [6.45, 7) is 4.26. The van der Waals surface area contributed by atoms with Crippen LogP contribution < -0.4 is 5.32 Å². The lowest BCUT2D eigenvalue weighted by Gasteiger charge is -2.39. The molecule has 1 spiro atoms. The number of rotatable bonds is 3. The molecule has 5 heteroatoms. The molecule has 0 bridgehead atoms. The Kier molecular flexibility index (Phi) is 3.99. The van der Waals surface area contributed by atoms with Gasteiger partial charge in [0.15, 0.2) is 0 Å². The minimum absolute atomic E-state index is 0.0214. The zero-order valence-corrected chi connectivity index (χ0v) is 14.4. The van der Waals surface area contributed by atoms with Gasteiger partial charge in [-0.15, -0.1) is 0 Å². The van der Waals surface area contributed by atoms with E-state index in [0.717, 1.165) is 32.5 Å². The smallest absolute Gasteiger partial charge is 0.256 e. The van der Waals surface area contributed by atoms with Crippen LogP contribution in [0.25, 0.3) is 6.08 Å². The van der Waals surface area contributed by atoms with Gasteiger partial charge in [0.1, 0.15) is 0 Å². The second kappa shape index (κ2) is 6.31. The minimum atomic E-state index is 0.0214. The summed E-state index contributed by atoms with van der Waals surface area (Å²) in [5.74, 6) is 0.581. The van der Waals surface area contributed by atoms with Crippen LogP contribution >= 0.6 is 0 Å². The average molecular weight is 334 g/mol. The fraction of sp³-hybridized carbons (Fsp3) is 0.350. The highest BCUT2D eigenvalue weighted by atomic mass is 16.2. The Bertz CT molecular complexity index is 805. The van der Waals surface area contributed by atoms with Crippen LogP contribution in [-0.4, -0.2) is 40.4 Å². The van der Waals surface area contributed by atoms with E-state index in [-0.39, 0.29) is 11.3 Å². The van der Waals surface area contributed by atoms with Gasteiger partial charge in [0.2, 0.25) is 5.95 Å². The lowest BCUT2D eigenvalue weighted by atomic mass is 9.74. The number of nitrogens with one attached hydrogen (secondary N) is 1. The van der Waals surface area contributed by atoms with Crippen molar-refractivity contribution in [1.82, 2.24) is 14.9 Å². The molecule has 128 valence electrons. The summed E-state index contributed by atoms with van der Waals surface area (Å²) in [6, 6.07) is 8.58. The number of allylic oxidation sites excluding steroid dienone is 1. The van der Waals surface area contributed by atoms with E-state index in [1.54, 1.807) is 12.4 Å². The number of carbonyl (C=O) groups excluding carboxylic acids is 1. The Morgan fingerprint density at radius 1 is 1.20 bits per heavy atom. The molecule has 1 N–H and O–H groups in total. The van der Waals surface area contributed by atoms with E-state index in [1.807, 2.05) is 11.8 Å². The van der Waals surface area contributed by atoms with Crippen molar-refractivity contribution in [3.8, 4) is 0 Å². The van der Waals surface area contributed by atoms with Crippen molar-refractivity contribution in [1.29, 1.82) is 0 Å². The molecular weight excluding hydrogens is 312 g/mol. The highest BCUT2D eigenvalue weighted by Gasteiger charge is 2.38. The van der Waals surface area contributed by atoms with Crippen LogP contribution in [-0.2, 0) is 5.41 Å². The molecule has 2 aliphatic rings. The number of amides is 1. The summed E-state index contributed by atoms with van der Waals surface area (Å²) in [6.07, 6.45) is 9.70. The highest BCUT2D eigenvalue weighted by Crippen LogP contribution is 2.43. The van der Waals surface area contributed by atoms with Gasteiger partial charge in [0.25, 0.3) is 5.91 Å². The predicted molar refractivity (Wildman–Crippen MR) is 98.5 cm³/mol. The molecule has 0 radical (unpaired) electrons. The first-order chi connectivity index (χ1) is 12.2. The fourth-order valence-electron chi connectivity index (χ4n) is 3.85. The van der Waals surface area contributed by atoms with Crippen LogP contribution in [0.4, 0.5) is 5.95 Å². The minimum Gasteiger partial charge on any atom is -0.355 e. The van der Waals surface area contributed by atoms with Crippen molar-refractivity contribution in [2.45, 2.75) is 25.2 Å². The van der Waals surface area contributed by atoms with E-state index in [4.69, 9.17) is 0 Å². The number of hydrogen-bond acceptors (Lipinski definition) is 4. The molecular formula is C20H22N4O. The van der Waals surface area contributed by atoms with Crippen LogP contribution in [0.15, 0.2) is 42.7 Å². The molecule has 1 aliphatic heterocycles. The second-order valence-electron chi connectivity index (χ2n) is 6.69. The first-order valence-electron chi connectivity index (χ1n) is 8.86. The number of nitrogens with zero attached hydrogens (tertiary/aromatic N) is 3. The maximum Gasteiger partial charge on any atom is 0.256 e. The van der Waals surface area contributed by atoms with Crippen LogP contribution in [0.3, 0.4) is 0 Å². The normalized spacial score (nSPS) is 17.6. The average Bonchev–Trinajstić information content (AvgIpc) is 3.01. The summed E-state index contributed by atoms with van der Waals surface area (Å²) in [5.41, 5.74) is 3.37. The Labute approximate surface area is 147 Å². The molecule has 4 rings (SSSR count). The van der Waals surface area contributed by atoms with Gasteiger partial charge in [-0.25, -0.2) is 9.97 Å². The molecule has 1 amide bonds. The molecule has 5 nitrogen and oxygen atoms in total. The molecule has 25 heavy (non-hydrogen) atoms. The molecule has 2 heterocycles. The van der Waals surface area contributed by atoms with Crippen LogP contribution in [0, 0.1) is 0 Å². The molecule has 1 saturated heterocycles. The zero-order valence-electron chi connectivity index (χ0n) is 14.4. The molecule has 2 aromatic rings. The van der Waals surface area contributed by atoms with Gasteiger partial charge in [0.05, 0.1) is 5.56 Å². The molecule has 1 aliphatic carbocycles. The summed E-state index contributed by atoms with van der Waals surface area (Å²) < 4.78 is 0. The fourth-order valence-corrected chi connectivity index (χ4v) is 3.85. The Morgan fingerprint density at radius 2 is 1.92 bits per heavy atom. The number of fused-ring (bicyclic) bond motifs is 2. The topological polar surface area (TPSA) is 58.1 Å². The van der Waals surface area contributed by atoms with Gasteiger partial charge < -0.3 is 10.2 Å². The highest BCUT2D eigenvalue weighted by molar-refractivity contribution is 5.93. The lowest BCUT2D eigenvalue weighted by Crippen LogP contribution is -2.44. The summed E-state index contributed by atoms with van der Waals surface area (Å²) >= 11 is 0. The number of anilines is 1. The molecule has 1 fully saturated rings. The van der Waals surface area contributed by atoms with Gasteiger partial charge in [-0.1, -0.05) is 36.4 Å². The Morgan fingerprint density at radius 3 is 2.64 bits per heavy atom.